The monoisotopic (exact) mass is 197 g/mol. The Morgan fingerprint density at radius 2 is 2.21 bits per heavy atom. The number of hydrogen-bond donors (Lipinski definition) is 1. The molecule has 1 aromatic carbocycles. The van der Waals surface area contributed by atoms with Crippen molar-refractivity contribution in [3.05, 3.63) is 23.5 Å². The number of anilines is 1. The number of nitrogen functional groups attached to an aromatic ring is 1. The summed E-state index contributed by atoms with van der Waals surface area (Å²) in [6, 6.07) is 2.54. The number of halogens is 1. The van der Waals surface area contributed by atoms with Gasteiger partial charge in [0.25, 0.3) is 0 Å². The van der Waals surface area contributed by atoms with Crippen molar-refractivity contribution in [1.29, 1.82) is 0 Å². The molecule has 0 amide bonds. The fourth-order valence-electron chi connectivity index (χ4n) is 1.11. The number of rotatable bonds is 3. The summed E-state index contributed by atoms with van der Waals surface area (Å²) < 4.78 is 18.3. The van der Waals surface area contributed by atoms with E-state index in [-0.39, 0.29) is 22.8 Å². The Bertz CT molecular complexity index is 340. The van der Waals surface area contributed by atoms with E-state index in [4.69, 9.17) is 10.5 Å². The van der Waals surface area contributed by atoms with Crippen LogP contribution in [0.4, 0.5) is 10.1 Å². The van der Waals surface area contributed by atoms with E-state index in [2.05, 4.69) is 0 Å². The zero-order chi connectivity index (χ0) is 10.7. The third-order valence-corrected chi connectivity index (χ3v) is 1.77. The molecular weight excluding hydrogens is 185 g/mol. The Balaban J connectivity index is 3.18. The summed E-state index contributed by atoms with van der Waals surface area (Å²) in [6.07, 6.45) is 0. The van der Waals surface area contributed by atoms with Gasteiger partial charge in [0.1, 0.15) is 0 Å². The van der Waals surface area contributed by atoms with Crippen LogP contribution in [-0.2, 0) is 0 Å². The molecule has 0 aromatic heterocycles. The normalized spacial score (nSPS) is 9.93. The summed E-state index contributed by atoms with van der Waals surface area (Å²) in [6.45, 7) is 3.42. The average molecular weight is 197 g/mol. The molecule has 0 aliphatic heterocycles. The number of hydrogen-bond acceptors (Lipinski definition) is 3. The highest BCUT2D eigenvalue weighted by Gasteiger charge is 2.11. The molecule has 0 heterocycles. The molecule has 76 valence electrons. The lowest BCUT2D eigenvalue weighted by molar-refractivity contribution is 0.101. The van der Waals surface area contributed by atoms with Crippen molar-refractivity contribution >= 4 is 11.5 Å². The summed E-state index contributed by atoms with van der Waals surface area (Å²) in [7, 11) is 0. The van der Waals surface area contributed by atoms with Crippen LogP contribution in [0.1, 0.15) is 24.2 Å². The zero-order valence-corrected chi connectivity index (χ0v) is 8.13. The van der Waals surface area contributed by atoms with E-state index >= 15 is 0 Å². The van der Waals surface area contributed by atoms with Crippen molar-refractivity contribution < 1.29 is 13.9 Å². The second kappa shape index (κ2) is 4.09. The van der Waals surface area contributed by atoms with Crippen molar-refractivity contribution in [3.8, 4) is 5.75 Å². The second-order valence-electron chi connectivity index (χ2n) is 2.87. The van der Waals surface area contributed by atoms with Crippen molar-refractivity contribution in [2.75, 3.05) is 12.3 Å². The SMILES string of the molecule is CCOc1c(N)cc(C(C)=O)cc1F. The van der Waals surface area contributed by atoms with Crippen molar-refractivity contribution in [3.63, 3.8) is 0 Å². The minimum Gasteiger partial charge on any atom is -0.489 e. The fourth-order valence-corrected chi connectivity index (χ4v) is 1.11. The van der Waals surface area contributed by atoms with Crippen LogP contribution in [0.2, 0.25) is 0 Å². The van der Waals surface area contributed by atoms with Crippen molar-refractivity contribution in [1.82, 2.24) is 0 Å². The number of Topliss-reactive ketones (excluding diaryl/α,β-unsaturated/α-hetero) is 1. The predicted molar refractivity (Wildman–Crippen MR) is 52.0 cm³/mol. The maximum atomic E-state index is 13.3. The van der Waals surface area contributed by atoms with Crippen LogP contribution in [0.25, 0.3) is 0 Å². The molecule has 4 heteroatoms. The van der Waals surface area contributed by atoms with E-state index in [0.717, 1.165) is 6.07 Å². The molecule has 0 fully saturated rings. The molecule has 3 nitrogen and oxygen atoms in total. The highest BCUT2D eigenvalue weighted by molar-refractivity contribution is 5.95. The molecule has 14 heavy (non-hydrogen) atoms. The van der Waals surface area contributed by atoms with Gasteiger partial charge in [0.05, 0.1) is 12.3 Å². The molecule has 0 unspecified atom stereocenters. The van der Waals surface area contributed by atoms with Crippen molar-refractivity contribution in [2.24, 2.45) is 0 Å². The van der Waals surface area contributed by atoms with E-state index in [1.807, 2.05) is 0 Å². The molecule has 0 saturated carbocycles. The van der Waals surface area contributed by atoms with Crippen LogP contribution in [0.5, 0.6) is 5.75 Å². The fraction of sp³-hybridized carbons (Fsp3) is 0.300. The number of carbonyl (C=O) groups is 1. The smallest absolute Gasteiger partial charge is 0.177 e. The van der Waals surface area contributed by atoms with E-state index in [1.165, 1.54) is 13.0 Å². The van der Waals surface area contributed by atoms with Crippen molar-refractivity contribution in [2.45, 2.75) is 13.8 Å². The van der Waals surface area contributed by atoms with Crippen LogP contribution >= 0.6 is 0 Å². The maximum absolute atomic E-state index is 13.3. The Kier molecular flexibility index (Phi) is 3.06. The van der Waals surface area contributed by atoms with Crippen LogP contribution in [0, 0.1) is 5.82 Å². The molecule has 0 radical (unpaired) electrons. The molecule has 1 rings (SSSR count). The van der Waals surface area contributed by atoms with Gasteiger partial charge in [-0.3, -0.25) is 4.79 Å². The van der Waals surface area contributed by atoms with Gasteiger partial charge in [-0.2, -0.15) is 0 Å². The summed E-state index contributed by atoms with van der Waals surface area (Å²) in [5, 5.41) is 0. The first-order chi connectivity index (χ1) is 6.56. The summed E-state index contributed by atoms with van der Waals surface area (Å²) in [5.74, 6) is -0.812. The predicted octanol–water partition coefficient (Wildman–Crippen LogP) is 2.01. The minimum atomic E-state index is -0.600. The van der Waals surface area contributed by atoms with Gasteiger partial charge < -0.3 is 10.5 Å². The molecular formula is C10H12FNO2. The zero-order valence-electron chi connectivity index (χ0n) is 8.13. The molecule has 0 aliphatic carbocycles. The Labute approximate surface area is 81.7 Å². The van der Waals surface area contributed by atoms with Crippen LogP contribution in [0.15, 0.2) is 12.1 Å². The second-order valence-corrected chi connectivity index (χ2v) is 2.87. The van der Waals surface area contributed by atoms with Gasteiger partial charge in [-0.1, -0.05) is 0 Å². The lowest BCUT2D eigenvalue weighted by Crippen LogP contribution is -2.03. The summed E-state index contributed by atoms with van der Waals surface area (Å²) in [4.78, 5) is 11.0. The lowest BCUT2D eigenvalue weighted by atomic mass is 10.1. The number of carbonyl (C=O) groups excluding carboxylic acids is 1. The third kappa shape index (κ3) is 2.02. The summed E-state index contributed by atoms with van der Waals surface area (Å²) >= 11 is 0. The molecule has 0 spiro atoms. The summed E-state index contributed by atoms with van der Waals surface area (Å²) in [5.41, 5.74) is 5.93. The van der Waals surface area contributed by atoms with E-state index < -0.39 is 5.82 Å². The third-order valence-electron chi connectivity index (χ3n) is 1.77. The maximum Gasteiger partial charge on any atom is 0.177 e. The Morgan fingerprint density at radius 1 is 1.57 bits per heavy atom. The highest BCUT2D eigenvalue weighted by atomic mass is 19.1. The minimum absolute atomic E-state index is 0.0116. The number of nitrogens with two attached hydrogens (primary N) is 1. The van der Waals surface area contributed by atoms with E-state index in [1.54, 1.807) is 6.92 Å². The number of benzene rings is 1. The van der Waals surface area contributed by atoms with Gasteiger partial charge in [0.2, 0.25) is 0 Å². The van der Waals surface area contributed by atoms with Gasteiger partial charge in [-0.15, -0.1) is 0 Å². The molecule has 0 atom stereocenters. The molecule has 1 aromatic rings. The van der Waals surface area contributed by atoms with Crippen LogP contribution in [-0.4, -0.2) is 12.4 Å². The first kappa shape index (κ1) is 10.5. The van der Waals surface area contributed by atoms with Gasteiger partial charge in [-0.25, -0.2) is 4.39 Å². The Morgan fingerprint density at radius 3 is 2.64 bits per heavy atom. The standard InChI is InChI=1S/C10H12FNO2/c1-3-14-10-8(11)4-7(6(2)13)5-9(10)12/h4-5H,3,12H2,1-2H3. The van der Waals surface area contributed by atoms with Crippen LogP contribution in [0.3, 0.4) is 0 Å². The molecule has 2 N–H and O–H groups in total. The van der Waals surface area contributed by atoms with Crippen LogP contribution < -0.4 is 10.5 Å². The number of ether oxygens (including phenoxy) is 1. The van der Waals surface area contributed by atoms with Gasteiger partial charge >= 0.3 is 0 Å². The molecule has 0 saturated heterocycles. The van der Waals surface area contributed by atoms with Gasteiger partial charge in [-0.05, 0) is 26.0 Å². The van der Waals surface area contributed by atoms with E-state index in [0.29, 0.717) is 6.61 Å². The average Bonchev–Trinajstić information content (AvgIpc) is 2.10. The highest BCUT2D eigenvalue weighted by Crippen LogP contribution is 2.27. The van der Waals surface area contributed by atoms with Gasteiger partial charge in [0, 0.05) is 5.56 Å². The van der Waals surface area contributed by atoms with E-state index in [9.17, 15) is 9.18 Å². The quantitative estimate of drug-likeness (QED) is 0.595. The first-order valence-electron chi connectivity index (χ1n) is 4.29. The molecule has 0 aliphatic rings. The topological polar surface area (TPSA) is 52.3 Å². The lowest BCUT2D eigenvalue weighted by Gasteiger charge is -2.08. The first-order valence-corrected chi connectivity index (χ1v) is 4.29. The molecule has 0 bridgehead atoms. The Hall–Kier alpha value is -1.58. The largest absolute Gasteiger partial charge is 0.489 e. The number of ketones is 1. The van der Waals surface area contributed by atoms with Gasteiger partial charge in [0.15, 0.2) is 17.3 Å².